The average Bonchev–Trinajstić information content (AvgIpc) is 2.39. The van der Waals surface area contributed by atoms with Crippen molar-refractivity contribution in [3.63, 3.8) is 0 Å². The summed E-state index contributed by atoms with van der Waals surface area (Å²) in [7, 11) is 0. The van der Waals surface area contributed by atoms with Gasteiger partial charge in [-0.25, -0.2) is 9.69 Å². The van der Waals surface area contributed by atoms with Gasteiger partial charge in [0.25, 0.3) is 0 Å². The maximum absolute atomic E-state index is 12.3. The summed E-state index contributed by atoms with van der Waals surface area (Å²) >= 11 is 0. The molecule has 19 heavy (non-hydrogen) atoms. The topological polar surface area (TPSA) is 64.4 Å². The lowest BCUT2D eigenvalue weighted by atomic mass is 10.1. The van der Waals surface area contributed by atoms with E-state index < -0.39 is 0 Å². The molecule has 1 aromatic rings. The zero-order chi connectivity index (χ0) is 14.0. The van der Waals surface area contributed by atoms with Crippen molar-refractivity contribution in [3.05, 3.63) is 29.8 Å². The third-order valence-electron chi connectivity index (χ3n) is 3.28. The van der Waals surface area contributed by atoms with E-state index in [1.54, 1.807) is 29.2 Å². The number of benzene rings is 1. The van der Waals surface area contributed by atoms with Gasteiger partial charge in [0.2, 0.25) is 5.91 Å². The van der Waals surface area contributed by atoms with Crippen molar-refractivity contribution in [2.75, 3.05) is 11.4 Å². The molecular weight excluding hydrogens is 242 g/mol. The van der Waals surface area contributed by atoms with Crippen LogP contribution in [-0.2, 0) is 4.79 Å². The minimum Gasteiger partial charge on any atom is -0.321 e. The van der Waals surface area contributed by atoms with E-state index in [0.29, 0.717) is 24.2 Å². The van der Waals surface area contributed by atoms with Crippen molar-refractivity contribution in [3.8, 4) is 6.07 Å². The van der Waals surface area contributed by atoms with Gasteiger partial charge in [-0.2, -0.15) is 5.26 Å². The molecule has 0 N–H and O–H groups in total. The molecule has 0 saturated carbocycles. The van der Waals surface area contributed by atoms with Crippen LogP contribution in [0.5, 0.6) is 0 Å². The zero-order valence-electron chi connectivity index (χ0n) is 11.0. The minimum absolute atomic E-state index is 0.0698. The number of imide groups is 1. The SMILES string of the molecule is CCN1C(=O)N(c2ccc(C#N)cc2)C(=O)CC1C. The Balaban J connectivity index is 2.34. The number of nitriles is 1. The van der Waals surface area contributed by atoms with Crippen molar-refractivity contribution in [1.29, 1.82) is 5.26 Å². The summed E-state index contributed by atoms with van der Waals surface area (Å²) in [5.41, 5.74) is 1.01. The van der Waals surface area contributed by atoms with Gasteiger partial charge in [0.15, 0.2) is 0 Å². The smallest absolute Gasteiger partial charge is 0.321 e. The third kappa shape index (κ3) is 2.29. The van der Waals surface area contributed by atoms with E-state index in [9.17, 15) is 9.59 Å². The highest BCUT2D eigenvalue weighted by atomic mass is 16.2. The Kier molecular flexibility index (Phi) is 3.52. The molecule has 98 valence electrons. The van der Waals surface area contributed by atoms with Crippen LogP contribution < -0.4 is 4.90 Å². The van der Waals surface area contributed by atoms with Crippen LogP contribution in [0.25, 0.3) is 0 Å². The van der Waals surface area contributed by atoms with Gasteiger partial charge < -0.3 is 4.90 Å². The molecule has 0 bridgehead atoms. The van der Waals surface area contributed by atoms with Crippen LogP contribution >= 0.6 is 0 Å². The van der Waals surface area contributed by atoms with Crippen LogP contribution in [0.3, 0.4) is 0 Å². The molecule has 1 atom stereocenters. The monoisotopic (exact) mass is 257 g/mol. The number of amides is 3. The van der Waals surface area contributed by atoms with Crippen LogP contribution in [-0.4, -0.2) is 29.4 Å². The maximum atomic E-state index is 12.3. The van der Waals surface area contributed by atoms with Gasteiger partial charge >= 0.3 is 6.03 Å². The largest absolute Gasteiger partial charge is 0.331 e. The lowest BCUT2D eigenvalue weighted by Crippen LogP contribution is -2.56. The molecule has 1 aromatic carbocycles. The van der Waals surface area contributed by atoms with Gasteiger partial charge in [-0.05, 0) is 38.1 Å². The number of rotatable bonds is 2. The molecule has 5 nitrogen and oxygen atoms in total. The normalized spacial score (nSPS) is 19.5. The Bertz CT molecular complexity index is 545. The Morgan fingerprint density at radius 3 is 2.47 bits per heavy atom. The first-order chi connectivity index (χ1) is 9.08. The average molecular weight is 257 g/mol. The fourth-order valence-electron chi connectivity index (χ4n) is 2.26. The fraction of sp³-hybridized carbons (Fsp3) is 0.357. The summed E-state index contributed by atoms with van der Waals surface area (Å²) in [5.74, 6) is -0.202. The number of urea groups is 1. The number of nitrogens with zero attached hydrogens (tertiary/aromatic N) is 3. The highest BCUT2D eigenvalue weighted by molar-refractivity contribution is 6.16. The molecule has 5 heteroatoms. The second-order valence-electron chi connectivity index (χ2n) is 4.51. The second-order valence-corrected chi connectivity index (χ2v) is 4.51. The minimum atomic E-state index is -0.295. The second kappa shape index (κ2) is 5.11. The standard InChI is InChI=1S/C14H15N3O2/c1-3-16-10(2)8-13(18)17(14(16)19)12-6-4-11(9-15)5-7-12/h4-7,10H,3,8H2,1-2H3. The molecular formula is C14H15N3O2. The number of carbonyl (C=O) groups is 2. The Hall–Kier alpha value is -2.35. The molecule has 1 aliphatic rings. The predicted molar refractivity (Wildman–Crippen MR) is 70.5 cm³/mol. The van der Waals surface area contributed by atoms with E-state index in [1.807, 2.05) is 19.9 Å². The van der Waals surface area contributed by atoms with Crippen LogP contribution in [0.15, 0.2) is 24.3 Å². The van der Waals surface area contributed by atoms with Crippen LogP contribution in [0.2, 0.25) is 0 Å². The van der Waals surface area contributed by atoms with Crippen LogP contribution in [0, 0.1) is 11.3 Å². The first-order valence-electron chi connectivity index (χ1n) is 6.22. The van der Waals surface area contributed by atoms with Crippen LogP contribution in [0.4, 0.5) is 10.5 Å². The number of carbonyl (C=O) groups excluding carboxylic acids is 2. The van der Waals surface area contributed by atoms with E-state index in [4.69, 9.17) is 5.26 Å². The van der Waals surface area contributed by atoms with Crippen molar-refractivity contribution in [1.82, 2.24) is 4.90 Å². The summed E-state index contributed by atoms with van der Waals surface area (Å²) in [5, 5.41) is 8.75. The lowest BCUT2D eigenvalue weighted by molar-refractivity contribution is -0.120. The van der Waals surface area contributed by atoms with Gasteiger partial charge in [0.1, 0.15) is 0 Å². The van der Waals surface area contributed by atoms with Crippen molar-refractivity contribution >= 4 is 17.6 Å². The van der Waals surface area contributed by atoms with Crippen LogP contribution in [0.1, 0.15) is 25.8 Å². The quantitative estimate of drug-likeness (QED) is 0.815. The van der Waals surface area contributed by atoms with Gasteiger partial charge in [0, 0.05) is 19.0 Å². The summed E-state index contributed by atoms with van der Waals surface area (Å²) in [6.45, 7) is 4.33. The first kappa shape index (κ1) is 13.1. The third-order valence-corrected chi connectivity index (χ3v) is 3.28. The molecule has 0 aliphatic carbocycles. The van der Waals surface area contributed by atoms with E-state index in [-0.39, 0.29) is 18.0 Å². The van der Waals surface area contributed by atoms with E-state index in [1.165, 1.54) is 4.90 Å². The molecule has 1 fully saturated rings. The van der Waals surface area contributed by atoms with Crippen molar-refractivity contribution < 1.29 is 9.59 Å². The molecule has 1 saturated heterocycles. The van der Waals surface area contributed by atoms with E-state index >= 15 is 0 Å². The summed E-state index contributed by atoms with van der Waals surface area (Å²) in [4.78, 5) is 27.2. The van der Waals surface area contributed by atoms with Gasteiger partial charge in [-0.1, -0.05) is 0 Å². The van der Waals surface area contributed by atoms with Gasteiger partial charge in [-0.3, -0.25) is 4.79 Å². The molecule has 1 unspecified atom stereocenters. The molecule has 0 aromatic heterocycles. The summed E-state index contributed by atoms with van der Waals surface area (Å²) in [6.07, 6.45) is 0.319. The Morgan fingerprint density at radius 1 is 1.32 bits per heavy atom. The Morgan fingerprint density at radius 2 is 1.95 bits per heavy atom. The predicted octanol–water partition coefficient (Wildman–Crippen LogP) is 2.13. The van der Waals surface area contributed by atoms with E-state index in [0.717, 1.165) is 0 Å². The first-order valence-corrected chi connectivity index (χ1v) is 6.22. The fourth-order valence-corrected chi connectivity index (χ4v) is 2.26. The maximum Gasteiger partial charge on any atom is 0.331 e. The Labute approximate surface area is 112 Å². The summed E-state index contributed by atoms with van der Waals surface area (Å²) < 4.78 is 0. The highest BCUT2D eigenvalue weighted by Crippen LogP contribution is 2.24. The molecule has 3 amide bonds. The number of hydrogen-bond donors (Lipinski definition) is 0. The molecule has 1 aliphatic heterocycles. The number of hydrogen-bond acceptors (Lipinski definition) is 3. The van der Waals surface area contributed by atoms with Crippen molar-refractivity contribution in [2.45, 2.75) is 26.3 Å². The number of anilines is 1. The molecule has 2 rings (SSSR count). The summed E-state index contributed by atoms with van der Waals surface area (Å²) in [6, 6.07) is 8.09. The highest BCUT2D eigenvalue weighted by Gasteiger charge is 2.36. The molecule has 0 spiro atoms. The molecule has 0 radical (unpaired) electrons. The molecule has 1 heterocycles. The van der Waals surface area contributed by atoms with Crippen molar-refractivity contribution in [2.24, 2.45) is 0 Å². The van der Waals surface area contributed by atoms with Gasteiger partial charge in [-0.15, -0.1) is 0 Å². The van der Waals surface area contributed by atoms with Gasteiger partial charge in [0.05, 0.1) is 17.3 Å². The van der Waals surface area contributed by atoms with E-state index in [2.05, 4.69) is 0 Å². The zero-order valence-corrected chi connectivity index (χ0v) is 11.0. The lowest BCUT2D eigenvalue weighted by Gasteiger charge is -2.38.